The van der Waals surface area contributed by atoms with Crippen LogP contribution >= 0.6 is 0 Å². The van der Waals surface area contributed by atoms with Gasteiger partial charge in [0, 0.05) is 31.3 Å². The number of benzene rings is 1. The van der Waals surface area contributed by atoms with Gasteiger partial charge in [0.25, 0.3) is 5.91 Å². The second kappa shape index (κ2) is 4.35. The molecule has 0 aliphatic carbocycles. The first kappa shape index (κ1) is 10.7. The van der Waals surface area contributed by atoms with Crippen molar-refractivity contribution in [2.45, 2.75) is 13.3 Å². The van der Waals surface area contributed by atoms with Gasteiger partial charge in [-0.2, -0.15) is 0 Å². The number of anilines is 1. The SMILES string of the molecule is CC(=O)Nc1cccc(C(=O)N2CCC2)c1. The number of nitrogens with one attached hydrogen (secondary N) is 1. The molecule has 84 valence electrons. The minimum absolute atomic E-state index is 0.0402. The standard InChI is InChI=1S/C12H14N2O2/c1-9(15)13-11-5-2-4-10(8-11)12(16)14-6-3-7-14/h2,4-5,8H,3,6-7H2,1H3,(H,13,15). The normalized spacial score (nSPS) is 14.2. The van der Waals surface area contributed by atoms with Gasteiger partial charge in [0.05, 0.1) is 0 Å². The Morgan fingerprint density at radius 3 is 2.62 bits per heavy atom. The number of amides is 2. The number of hydrogen-bond donors (Lipinski definition) is 1. The largest absolute Gasteiger partial charge is 0.339 e. The van der Waals surface area contributed by atoms with Gasteiger partial charge in [-0.15, -0.1) is 0 Å². The third-order valence-corrected chi connectivity index (χ3v) is 2.57. The molecule has 2 amide bonds. The second-order valence-corrected chi connectivity index (χ2v) is 3.91. The molecule has 0 aromatic heterocycles. The highest BCUT2D eigenvalue weighted by Gasteiger charge is 2.21. The number of rotatable bonds is 2. The number of hydrogen-bond acceptors (Lipinski definition) is 2. The van der Waals surface area contributed by atoms with Gasteiger partial charge in [-0.1, -0.05) is 6.07 Å². The summed E-state index contributed by atoms with van der Waals surface area (Å²) >= 11 is 0. The lowest BCUT2D eigenvalue weighted by atomic mass is 10.1. The molecule has 0 saturated carbocycles. The zero-order valence-corrected chi connectivity index (χ0v) is 9.19. The zero-order chi connectivity index (χ0) is 11.5. The van der Waals surface area contributed by atoms with E-state index in [0.717, 1.165) is 19.5 Å². The summed E-state index contributed by atoms with van der Waals surface area (Å²) in [6, 6.07) is 7.03. The van der Waals surface area contributed by atoms with Gasteiger partial charge in [0.2, 0.25) is 5.91 Å². The quantitative estimate of drug-likeness (QED) is 0.817. The van der Waals surface area contributed by atoms with Crippen LogP contribution in [0.15, 0.2) is 24.3 Å². The van der Waals surface area contributed by atoms with Crippen molar-refractivity contribution in [3.05, 3.63) is 29.8 Å². The van der Waals surface area contributed by atoms with Crippen LogP contribution < -0.4 is 5.32 Å². The molecular weight excluding hydrogens is 204 g/mol. The van der Waals surface area contributed by atoms with Crippen molar-refractivity contribution in [3.63, 3.8) is 0 Å². The summed E-state index contributed by atoms with van der Waals surface area (Å²) in [4.78, 5) is 24.6. The highest BCUT2D eigenvalue weighted by Crippen LogP contribution is 2.16. The Morgan fingerprint density at radius 2 is 2.06 bits per heavy atom. The van der Waals surface area contributed by atoms with Gasteiger partial charge < -0.3 is 10.2 Å². The summed E-state index contributed by atoms with van der Waals surface area (Å²) in [7, 11) is 0. The second-order valence-electron chi connectivity index (χ2n) is 3.91. The molecule has 0 bridgehead atoms. The predicted octanol–water partition coefficient (Wildman–Crippen LogP) is 1.49. The molecule has 0 spiro atoms. The zero-order valence-electron chi connectivity index (χ0n) is 9.19. The fourth-order valence-corrected chi connectivity index (χ4v) is 1.64. The molecule has 1 fully saturated rings. The lowest BCUT2D eigenvalue weighted by Gasteiger charge is -2.31. The number of carbonyl (C=O) groups is 2. The van der Waals surface area contributed by atoms with E-state index in [1.165, 1.54) is 6.92 Å². The van der Waals surface area contributed by atoms with Crippen molar-refractivity contribution in [3.8, 4) is 0 Å². The predicted molar refractivity (Wildman–Crippen MR) is 61.3 cm³/mol. The molecule has 0 unspecified atom stereocenters. The van der Waals surface area contributed by atoms with E-state index in [0.29, 0.717) is 11.3 Å². The first-order chi connectivity index (χ1) is 7.66. The van der Waals surface area contributed by atoms with Crippen LogP contribution in [0.2, 0.25) is 0 Å². The van der Waals surface area contributed by atoms with Crippen LogP contribution in [0.3, 0.4) is 0 Å². The topological polar surface area (TPSA) is 49.4 Å². The molecule has 1 N–H and O–H groups in total. The Bertz CT molecular complexity index is 425. The van der Waals surface area contributed by atoms with Gasteiger partial charge in [-0.25, -0.2) is 0 Å². The molecule has 4 heteroatoms. The van der Waals surface area contributed by atoms with E-state index in [1.54, 1.807) is 29.2 Å². The maximum atomic E-state index is 11.9. The summed E-state index contributed by atoms with van der Waals surface area (Å²) in [5.41, 5.74) is 1.30. The molecule has 1 aliphatic rings. The van der Waals surface area contributed by atoms with E-state index in [1.807, 2.05) is 0 Å². The number of likely N-dealkylation sites (tertiary alicyclic amines) is 1. The van der Waals surface area contributed by atoms with Crippen LogP contribution in [0.1, 0.15) is 23.7 Å². The summed E-state index contributed by atoms with van der Waals surface area (Å²) in [6.07, 6.45) is 1.08. The van der Waals surface area contributed by atoms with Crippen LogP contribution in [0, 0.1) is 0 Å². The van der Waals surface area contributed by atoms with E-state index < -0.39 is 0 Å². The van der Waals surface area contributed by atoms with Crippen molar-refractivity contribution in [1.29, 1.82) is 0 Å². The third kappa shape index (κ3) is 2.21. The fraction of sp³-hybridized carbons (Fsp3) is 0.333. The number of nitrogens with zero attached hydrogens (tertiary/aromatic N) is 1. The summed E-state index contributed by atoms with van der Waals surface area (Å²) in [5.74, 6) is -0.0907. The van der Waals surface area contributed by atoms with E-state index in [2.05, 4.69) is 5.32 Å². The van der Waals surface area contributed by atoms with Crippen molar-refractivity contribution in [1.82, 2.24) is 4.90 Å². The Kier molecular flexibility index (Phi) is 2.90. The summed E-state index contributed by atoms with van der Waals surface area (Å²) in [5, 5.41) is 2.67. The molecule has 1 aromatic carbocycles. The number of carbonyl (C=O) groups excluding carboxylic acids is 2. The first-order valence-corrected chi connectivity index (χ1v) is 5.34. The van der Waals surface area contributed by atoms with Crippen molar-refractivity contribution in [2.75, 3.05) is 18.4 Å². The average Bonchev–Trinajstić information content (AvgIpc) is 2.14. The molecule has 0 atom stereocenters. The summed E-state index contributed by atoms with van der Waals surface area (Å²) < 4.78 is 0. The highest BCUT2D eigenvalue weighted by atomic mass is 16.2. The smallest absolute Gasteiger partial charge is 0.253 e. The van der Waals surface area contributed by atoms with Crippen LogP contribution in [-0.2, 0) is 4.79 Å². The van der Waals surface area contributed by atoms with Crippen LogP contribution in [0.4, 0.5) is 5.69 Å². The molecule has 1 heterocycles. The fourth-order valence-electron chi connectivity index (χ4n) is 1.64. The van der Waals surface area contributed by atoms with E-state index in [4.69, 9.17) is 0 Å². The van der Waals surface area contributed by atoms with Crippen molar-refractivity contribution >= 4 is 17.5 Å². The lowest BCUT2D eigenvalue weighted by Crippen LogP contribution is -2.42. The Balaban J connectivity index is 2.14. The van der Waals surface area contributed by atoms with Gasteiger partial charge in [0.1, 0.15) is 0 Å². The molecule has 2 rings (SSSR count). The van der Waals surface area contributed by atoms with Gasteiger partial charge in [0.15, 0.2) is 0 Å². The molecule has 1 saturated heterocycles. The van der Waals surface area contributed by atoms with Crippen molar-refractivity contribution in [2.24, 2.45) is 0 Å². The minimum Gasteiger partial charge on any atom is -0.339 e. The van der Waals surface area contributed by atoms with Gasteiger partial charge >= 0.3 is 0 Å². The van der Waals surface area contributed by atoms with E-state index in [9.17, 15) is 9.59 Å². The summed E-state index contributed by atoms with van der Waals surface area (Å²) in [6.45, 7) is 3.12. The highest BCUT2D eigenvalue weighted by molar-refractivity contribution is 5.97. The van der Waals surface area contributed by atoms with Gasteiger partial charge in [-0.3, -0.25) is 9.59 Å². The first-order valence-electron chi connectivity index (χ1n) is 5.34. The molecular formula is C12H14N2O2. The molecule has 1 aromatic rings. The molecule has 0 radical (unpaired) electrons. The maximum absolute atomic E-state index is 11.9. The monoisotopic (exact) mass is 218 g/mol. The van der Waals surface area contributed by atoms with Gasteiger partial charge in [-0.05, 0) is 24.6 Å². The average molecular weight is 218 g/mol. The van der Waals surface area contributed by atoms with Crippen LogP contribution in [-0.4, -0.2) is 29.8 Å². The minimum atomic E-state index is -0.131. The Morgan fingerprint density at radius 1 is 1.31 bits per heavy atom. The Labute approximate surface area is 94.2 Å². The maximum Gasteiger partial charge on any atom is 0.253 e. The van der Waals surface area contributed by atoms with E-state index >= 15 is 0 Å². The molecule has 4 nitrogen and oxygen atoms in total. The van der Waals surface area contributed by atoms with Crippen LogP contribution in [0.25, 0.3) is 0 Å². The Hall–Kier alpha value is -1.84. The van der Waals surface area contributed by atoms with E-state index in [-0.39, 0.29) is 11.8 Å². The molecule has 1 aliphatic heterocycles. The molecule has 16 heavy (non-hydrogen) atoms. The lowest BCUT2D eigenvalue weighted by molar-refractivity contribution is -0.114. The van der Waals surface area contributed by atoms with Crippen LogP contribution in [0.5, 0.6) is 0 Å². The van der Waals surface area contributed by atoms with Crippen molar-refractivity contribution < 1.29 is 9.59 Å². The third-order valence-electron chi connectivity index (χ3n) is 2.57.